The molecule has 0 atom stereocenters. The number of carbonyl (C=O) groups excluding carboxylic acids is 1. The molecule has 2 aliphatic rings. The molecule has 0 bridgehead atoms. The molecule has 6 heteroatoms. The fourth-order valence-corrected chi connectivity index (χ4v) is 3.60. The number of carbonyl (C=O) groups is 1. The van der Waals surface area contributed by atoms with E-state index in [1.165, 1.54) is 7.11 Å². The third-order valence-electron chi connectivity index (χ3n) is 4.98. The van der Waals surface area contributed by atoms with E-state index in [2.05, 4.69) is 6.07 Å². The molecular formula is C18H21NO5. The van der Waals surface area contributed by atoms with Crippen molar-refractivity contribution >= 4 is 5.97 Å². The summed E-state index contributed by atoms with van der Waals surface area (Å²) in [5, 5.41) is 9.91. The zero-order chi connectivity index (χ0) is 17.2. The zero-order valence-electron chi connectivity index (χ0n) is 14.0. The number of ether oxygens (including phenoxy) is 4. The maximum Gasteiger partial charge on any atom is 0.308 e. The van der Waals surface area contributed by atoms with Gasteiger partial charge in [0.2, 0.25) is 5.75 Å². The van der Waals surface area contributed by atoms with E-state index in [0.29, 0.717) is 56.1 Å². The van der Waals surface area contributed by atoms with Crippen molar-refractivity contribution in [2.75, 3.05) is 27.4 Å². The first-order chi connectivity index (χ1) is 11.6. The van der Waals surface area contributed by atoms with E-state index in [-0.39, 0.29) is 11.9 Å². The first-order valence-electron chi connectivity index (χ1n) is 8.11. The van der Waals surface area contributed by atoms with Gasteiger partial charge in [0, 0.05) is 5.56 Å². The quantitative estimate of drug-likeness (QED) is 0.792. The van der Waals surface area contributed by atoms with Crippen molar-refractivity contribution in [2.45, 2.75) is 31.1 Å². The molecule has 1 heterocycles. The Bertz CT molecular complexity index is 671. The second-order valence-electron chi connectivity index (χ2n) is 6.16. The zero-order valence-corrected chi connectivity index (χ0v) is 14.0. The van der Waals surface area contributed by atoms with E-state index in [0.717, 1.165) is 5.56 Å². The fourth-order valence-electron chi connectivity index (χ4n) is 3.60. The lowest BCUT2D eigenvalue weighted by molar-refractivity contribution is -0.146. The molecule has 0 amide bonds. The molecule has 1 aliphatic heterocycles. The maximum absolute atomic E-state index is 11.8. The van der Waals surface area contributed by atoms with Crippen LogP contribution in [-0.4, -0.2) is 33.4 Å². The lowest BCUT2D eigenvalue weighted by atomic mass is 9.67. The van der Waals surface area contributed by atoms with Crippen LogP contribution in [0.25, 0.3) is 0 Å². The van der Waals surface area contributed by atoms with Crippen LogP contribution in [0.5, 0.6) is 17.2 Å². The average molecular weight is 331 g/mol. The molecule has 0 unspecified atom stereocenters. The Morgan fingerprint density at radius 1 is 1.21 bits per heavy atom. The summed E-state index contributed by atoms with van der Waals surface area (Å²) < 4.78 is 21.7. The van der Waals surface area contributed by atoms with Crippen molar-refractivity contribution in [3.8, 4) is 23.3 Å². The Hall–Kier alpha value is -2.42. The maximum atomic E-state index is 11.8. The Labute approximate surface area is 141 Å². The highest BCUT2D eigenvalue weighted by Gasteiger charge is 2.42. The van der Waals surface area contributed by atoms with Gasteiger partial charge >= 0.3 is 5.97 Å². The summed E-state index contributed by atoms with van der Waals surface area (Å²) >= 11 is 0. The van der Waals surface area contributed by atoms with Crippen molar-refractivity contribution in [1.29, 1.82) is 5.26 Å². The highest BCUT2D eigenvalue weighted by molar-refractivity contribution is 5.72. The van der Waals surface area contributed by atoms with Crippen LogP contribution in [0.2, 0.25) is 0 Å². The number of benzene rings is 1. The lowest BCUT2D eigenvalue weighted by Gasteiger charge is -2.36. The van der Waals surface area contributed by atoms with Gasteiger partial charge in [0.1, 0.15) is 13.2 Å². The van der Waals surface area contributed by atoms with Crippen molar-refractivity contribution in [3.05, 3.63) is 17.7 Å². The first-order valence-corrected chi connectivity index (χ1v) is 8.11. The van der Waals surface area contributed by atoms with E-state index in [1.807, 2.05) is 12.1 Å². The van der Waals surface area contributed by atoms with Gasteiger partial charge in [-0.25, -0.2) is 0 Å². The minimum absolute atomic E-state index is 0.136. The van der Waals surface area contributed by atoms with Gasteiger partial charge in [-0.05, 0) is 37.8 Å². The molecular weight excluding hydrogens is 310 g/mol. The summed E-state index contributed by atoms with van der Waals surface area (Å²) in [7, 11) is 2.98. The van der Waals surface area contributed by atoms with Crippen LogP contribution in [0.1, 0.15) is 31.2 Å². The molecule has 1 fully saturated rings. The van der Waals surface area contributed by atoms with Crippen molar-refractivity contribution in [3.63, 3.8) is 0 Å². The van der Waals surface area contributed by atoms with Gasteiger partial charge in [-0.1, -0.05) is 0 Å². The third kappa shape index (κ3) is 2.64. The molecule has 0 saturated heterocycles. The van der Waals surface area contributed by atoms with Crippen molar-refractivity contribution < 1.29 is 23.7 Å². The van der Waals surface area contributed by atoms with Crippen LogP contribution >= 0.6 is 0 Å². The SMILES string of the molecule is COC(=O)C1CCC(C#N)(c2ccc(OC)c3c2OCCO3)CC1. The molecule has 6 nitrogen and oxygen atoms in total. The van der Waals surface area contributed by atoms with Crippen LogP contribution in [0.15, 0.2) is 12.1 Å². The second-order valence-corrected chi connectivity index (χ2v) is 6.16. The monoisotopic (exact) mass is 331 g/mol. The highest BCUT2D eigenvalue weighted by Crippen LogP contribution is 2.50. The molecule has 0 aromatic heterocycles. The molecule has 0 spiro atoms. The van der Waals surface area contributed by atoms with Crippen LogP contribution in [-0.2, 0) is 14.9 Å². The Balaban J connectivity index is 1.95. The number of nitrogens with zero attached hydrogens (tertiary/aromatic N) is 1. The van der Waals surface area contributed by atoms with Crippen LogP contribution in [0, 0.1) is 17.2 Å². The predicted molar refractivity (Wildman–Crippen MR) is 85.2 cm³/mol. The van der Waals surface area contributed by atoms with E-state index < -0.39 is 5.41 Å². The van der Waals surface area contributed by atoms with E-state index in [9.17, 15) is 10.1 Å². The number of esters is 1. The van der Waals surface area contributed by atoms with Crippen LogP contribution in [0.4, 0.5) is 0 Å². The van der Waals surface area contributed by atoms with E-state index in [1.54, 1.807) is 7.11 Å². The van der Waals surface area contributed by atoms with Gasteiger partial charge in [0.05, 0.1) is 31.6 Å². The summed E-state index contributed by atoms with van der Waals surface area (Å²) in [6.07, 6.45) is 2.43. The van der Waals surface area contributed by atoms with Gasteiger partial charge in [-0.2, -0.15) is 5.26 Å². The van der Waals surface area contributed by atoms with Crippen molar-refractivity contribution in [1.82, 2.24) is 0 Å². The highest BCUT2D eigenvalue weighted by atomic mass is 16.6. The van der Waals surface area contributed by atoms with Gasteiger partial charge in [-0.15, -0.1) is 0 Å². The number of rotatable bonds is 3. The smallest absolute Gasteiger partial charge is 0.308 e. The number of fused-ring (bicyclic) bond motifs is 1. The lowest BCUT2D eigenvalue weighted by Crippen LogP contribution is -2.34. The molecule has 1 aliphatic carbocycles. The summed E-state index contributed by atoms with van der Waals surface area (Å²) in [5.41, 5.74) is 0.144. The molecule has 3 rings (SSSR count). The fraction of sp³-hybridized carbons (Fsp3) is 0.556. The van der Waals surface area contributed by atoms with Gasteiger partial charge in [0.15, 0.2) is 11.5 Å². The molecule has 1 saturated carbocycles. The van der Waals surface area contributed by atoms with E-state index in [4.69, 9.17) is 18.9 Å². The molecule has 128 valence electrons. The van der Waals surface area contributed by atoms with Gasteiger partial charge in [0.25, 0.3) is 0 Å². The molecule has 1 aromatic carbocycles. The Morgan fingerprint density at radius 2 is 1.88 bits per heavy atom. The number of hydrogen-bond donors (Lipinski definition) is 0. The molecule has 0 radical (unpaired) electrons. The molecule has 0 N–H and O–H groups in total. The molecule has 1 aromatic rings. The van der Waals surface area contributed by atoms with Crippen molar-refractivity contribution in [2.24, 2.45) is 5.92 Å². The van der Waals surface area contributed by atoms with E-state index >= 15 is 0 Å². The van der Waals surface area contributed by atoms with Gasteiger partial charge in [-0.3, -0.25) is 4.79 Å². The minimum atomic E-state index is -0.679. The summed E-state index contributed by atoms with van der Waals surface area (Å²) in [6, 6.07) is 6.17. The first kappa shape index (κ1) is 16.4. The summed E-state index contributed by atoms with van der Waals surface area (Å²) in [5.74, 6) is 1.43. The van der Waals surface area contributed by atoms with Crippen LogP contribution in [0.3, 0.4) is 0 Å². The normalized spacial score (nSPS) is 25.5. The number of methoxy groups -OCH3 is 2. The summed E-state index contributed by atoms with van der Waals surface area (Å²) in [4.78, 5) is 11.8. The predicted octanol–water partition coefficient (Wildman–Crippen LogP) is 2.59. The topological polar surface area (TPSA) is 77.8 Å². The minimum Gasteiger partial charge on any atom is -0.493 e. The Kier molecular flexibility index (Phi) is 4.52. The number of nitriles is 1. The third-order valence-corrected chi connectivity index (χ3v) is 4.98. The standard InChI is InChI=1S/C18H21NO5/c1-21-14-4-3-13(15-16(14)24-10-9-23-15)18(11-19)7-5-12(6-8-18)17(20)22-2/h3-4,12H,5-10H2,1-2H3. The van der Waals surface area contributed by atoms with Gasteiger partial charge < -0.3 is 18.9 Å². The number of hydrogen-bond acceptors (Lipinski definition) is 6. The largest absolute Gasteiger partial charge is 0.493 e. The average Bonchev–Trinajstić information content (AvgIpc) is 2.66. The molecule has 24 heavy (non-hydrogen) atoms. The summed E-state index contributed by atoms with van der Waals surface area (Å²) in [6.45, 7) is 0.899. The second kappa shape index (κ2) is 6.60. The van der Waals surface area contributed by atoms with Crippen LogP contribution < -0.4 is 14.2 Å². The Morgan fingerprint density at radius 3 is 2.46 bits per heavy atom.